The fourth-order valence-electron chi connectivity index (χ4n) is 3.44. The molecule has 0 aliphatic carbocycles. The Bertz CT molecular complexity index is 711. The number of benzene rings is 2. The topological polar surface area (TPSA) is 40.5 Å². The summed E-state index contributed by atoms with van der Waals surface area (Å²) >= 11 is 0. The first-order chi connectivity index (χ1) is 12.1. The maximum absolute atomic E-state index is 12.5. The second-order valence-electron chi connectivity index (χ2n) is 6.71. The van der Waals surface area contributed by atoms with E-state index in [0.717, 1.165) is 17.5 Å². The van der Waals surface area contributed by atoms with Crippen LogP contribution in [0.4, 0.5) is 0 Å². The van der Waals surface area contributed by atoms with E-state index in [0.29, 0.717) is 12.8 Å². The molecule has 0 saturated carbocycles. The number of carbonyl (C=O) groups is 1. The molecule has 3 rings (SSSR count). The molecular weight excluding hydrogens is 310 g/mol. The van der Waals surface area contributed by atoms with Crippen LogP contribution in [-0.2, 0) is 0 Å². The second-order valence-corrected chi connectivity index (χ2v) is 6.71. The SMILES string of the molecule is CN1C(CC(=O)c2ccccc2)C=CC[C@H]1C[C@H](O)c1ccccc1. The van der Waals surface area contributed by atoms with Gasteiger partial charge in [-0.3, -0.25) is 9.69 Å². The van der Waals surface area contributed by atoms with Gasteiger partial charge >= 0.3 is 0 Å². The molecule has 3 heteroatoms. The predicted molar refractivity (Wildman–Crippen MR) is 101 cm³/mol. The molecule has 25 heavy (non-hydrogen) atoms. The predicted octanol–water partition coefficient (Wildman–Crippen LogP) is 4.01. The van der Waals surface area contributed by atoms with Gasteiger partial charge in [0.2, 0.25) is 0 Å². The zero-order chi connectivity index (χ0) is 17.6. The van der Waals surface area contributed by atoms with Crippen molar-refractivity contribution in [1.82, 2.24) is 4.90 Å². The van der Waals surface area contributed by atoms with Gasteiger partial charge in [-0.05, 0) is 25.5 Å². The maximum atomic E-state index is 12.5. The minimum absolute atomic E-state index is 0.0782. The van der Waals surface area contributed by atoms with Crippen molar-refractivity contribution in [3.63, 3.8) is 0 Å². The van der Waals surface area contributed by atoms with Crippen molar-refractivity contribution < 1.29 is 9.90 Å². The molecule has 130 valence electrons. The molecule has 2 aromatic rings. The summed E-state index contributed by atoms with van der Waals surface area (Å²) in [6, 6.07) is 19.5. The van der Waals surface area contributed by atoms with Gasteiger partial charge in [0, 0.05) is 24.1 Å². The van der Waals surface area contributed by atoms with Gasteiger partial charge in [0.15, 0.2) is 5.78 Å². The van der Waals surface area contributed by atoms with Crippen LogP contribution in [0.5, 0.6) is 0 Å². The van der Waals surface area contributed by atoms with E-state index in [9.17, 15) is 9.90 Å². The van der Waals surface area contributed by atoms with E-state index in [-0.39, 0.29) is 17.9 Å². The molecule has 1 N–H and O–H groups in total. The number of Topliss-reactive ketones (excluding diaryl/α,β-unsaturated/α-hetero) is 1. The van der Waals surface area contributed by atoms with Crippen LogP contribution < -0.4 is 0 Å². The quantitative estimate of drug-likeness (QED) is 0.640. The first kappa shape index (κ1) is 17.6. The Balaban J connectivity index is 1.63. The summed E-state index contributed by atoms with van der Waals surface area (Å²) < 4.78 is 0. The lowest BCUT2D eigenvalue weighted by molar-refractivity contribution is 0.0832. The van der Waals surface area contributed by atoms with Crippen LogP contribution in [0, 0.1) is 0 Å². The Kier molecular flexibility index (Phi) is 5.79. The van der Waals surface area contributed by atoms with Crippen molar-refractivity contribution in [2.24, 2.45) is 0 Å². The number of nitrogens with zero attached hydrogens (tertiary/aromatic N) is 1. The largest absolute Gasteiger partial charge is 0.388 e. The van der Waals surface area contributed by atoms with Crippen molar-refractivity contribution >= 4 is 5.78 Å². The fourth-order valence-corrected chi connectivity index (χ4v) is 3.44. The van der Waals surface area contributed by atoms with Gasteiger partial charge in [-0.25, -0.2) is 0 Å². The van der Waals surface area contributed by atoms with Crippen LogP contribution in [0.1, 0.15) is 41.3 Å². The standard InChI is InChI=1S/C22H25NO2/c1-23-19(15-21(24)17-9-4-2-5-10-17)13-8-14-20(23)16-22(25)18-11-6-3-7-12-18/h2-13,19-20,22,25H,14-16H2,1H3/t19?,20-,22-/m0/s1. The number of ketones is 1. The molecular formula is C22H25NO2. The molecule has 0 spiro atoms. The molecule has 0 fully saturated rings. The minimum atomic E-state index is -0.481. The molecule has 3 nitrogen and oxygen atoms in total. The van der Waals surface area contributed by atoms with E-state index >= 15 is 0 Å². The maximum Gasteiger partial charge on any atom is 0.164 e. The van der Waals surface area contributed by atoms with Crippen LogP contribution in [0.25, 0.3) is 0 Å². The Morgan fingerprint density at radius 1 is 1.12 bits per heavy atom. The van der Waals surface area contributed by atoms with E-state index < -0.39 is 6.10 Å². The average molecular weight is 335 g/mol. The second kappa shape index (κ2) is 8.24. The number of carbonyl (C=O) groups excluding carboxylic acids is 1. The van der Waals surface area contributed by atoms with E-state index in [2.05, 4.69) is 24.1 Å². The summed E-state index contributed by atoms with van der Waals surface area (Å²) in [4.78, 5) is 14.7. The normalized spacial score (nSPS) is 21.8. The smallest absolute Gasteiger partial charge is 0.164 e. The third-order valence-electron chi connectivity index (χ3n) is 5.04. The number of hydrogen-bond acceptors (Lipinski definition) is 3. The molecule has 0 aromatic heterocycles. The first-order valence-corrected chi connectivity index (χ1v) is 8.85. The number of aliphatic hydroxyl groups is 1. The van der Waals surface area contributed by atoms with Crippen LogP contribution >= 0.6 is 0 Å². The summed E-state index contributed by atoms with van der Waals surface area (Å²) in [5.74, 6) is 0.159. The highest BCUT2D eigenvalue weighted by Gasteiger charge is 2.28. The third-order valence-corrected chi connectivity index (χ3v) is 5.04. The summed E-state index contributed by atoms with van der Waals surface area (Å²) in [5.41, 5.74) is 1.71. The van der Waals surface area contributed by atoms with Crippen LogP contribution in [0.3, 0.4) is 0 Å². The highest BCUT2D eigenvalue weighted by Crippen LogP contribution is 2.27. The minimum Gasteiger partial charge on any atom is -0.388 e. The van der Waals surface area contributed by atoms with E-state index in [1.165, 1.54) is 0 Å². The Morgan fingerprint density at radius 3 is 2.44 bits per heavy atom. The lowest BCUT2D eigenvalue weighted by Crippen LogP contribution is -2.43. The Hall–Kier alpha value is -2.23. The van der Waals surface area contributed by atoms with Crippen molar-refractivity contribution in [3.05, 3.63) is 83.9 Å². The molecule has 0 saturated heterocycles. The van der Waals surface area contributed by atoms with Gasteiger partial charge in [0.1, 0.15) is 0 Å². The summed E-state index contributed by atoms with van der Waals surface area (Å²) in [7, 11) is 2.05. The summed E-state index contributed by atoms with van der Waals surface area (Å²) in [5, 5.41) is 10.5. The number of likely N-dealkylation sites (N-methyl/N-ethyl adjacent to an activating group) is 1. The first-order valence-electron chi connectivity index (χ1n) is 8.85. The van der Waals surface area contributed by atoms with Crippen molar-refractivity contribution in [2.75, 3.05) is 7.05 Å². The van der Waals surface area contributed by atoms with E-state index in [1.54, 1.807) is 0 Å². The molecule has 1 heterocycles. The highest BCUT2D eigenvalue weighted by molar-refractivity contribution is 5.96. The molecule has 0 bridgehead atoms. The monoisotopic (exact) mass is 335 g/mol. The summed E-state index contributed by atoms with van der Waals surface area (Å²) in [6.07, 6.45) is 5.81. The van der Waals surface area contributed by atoms with Crippen molar-refractivity contribution in [1.29, 1.82) is 0 Å². The number of rotatable bonds is 6. The van der Waals surface area contributed by atoms with Gasteiger partial charge in [0.05, 0.1) is 6.10 Å². The van der Waals surface area contributed by atoms with E-state index in [4.69, 9.17) is 0 Å². The zero-order valence-corrected chi connectivity index (χ0v) is 14.6. The van der Waals surface area contributed by atoms with Crippen LogP contribution in [0.2, 0.25) is 0 Å². The lowest BCUT2D eigenvalue weighted by atomic mass is 9.92. The van der Waals surface area contributed by atoms with Gasteiger partial charge in [-0.1, -0.05) is 72.8 Å². The number of aliphatic hydroxyl groups excluding tert-OH is 1. The third kappa shape index (κ3) is 4.44. The molecule has 1 aliphatic heterocycles. The van der Waals surface area contributed by atoms with Crippen molar-refractivity contribution in [2.45, 2.75) is 37.5 Å². The Labute approximate surface area is 149 Å². The molecule has 2 aromatic carbocycles. The fraction of sp³-hybridized carbons (Fsp3) is 0.318. The molecule has 1 aliphatic rings. The average Bonchev–Trinajstić information content (AvgIpc) is 2.66. The van der Waals surface area contributed by atoms with Gasteiger partial charge < -0.3 is 5.11 Å². The van der Waals surface area contributed by atoms with Gasteiger partial charge in [0.25, 0.3) is 0 Å². The Morgan fingerprint density at radius 2 is 1.76 bits per heavy atom. The molecule has 0 radical (unpaired) electrons. The highest BCUT2D eigenvalue weighted by atomic mass is 16.3. The van der Waals surface area contributed by atoms with Crippen LogP contribution in [-0.4, -0.2) is 34.9 Å². The molecule has 3 atom stereocenters. The van der Waals surface area contributed by atoms with Gasteiger partial charge in [-0.2, -0.15) is 0 Å². The molecule has 0 amide bonds. The number of hydrogen-bond donors (Lipinski definition) is 1. The zero-order valence-electron chi connectivity index (χ0n) is 14.6. The summed E-state index contributed by atoms with van der Waals surface area (Å²) in [6.45, 7) is 0. The van der Waals surface area contributed by atoms with Gasteiger partial charge in [-0.15, -0.1) is 0 Å². The van der Waals surface area contributed by atoms with Crippen LogP contribution in [0.15, 0.2) is 72.8 Å². The molecule has 1 unspecified atom stereocenters. The van der Waals surface area contributed by atoms with Crippen molar-refractivity contribution in [3.8, 4) is 0 Å². The van der Waals surface area contributed by atoms with E-state index in [1.807, 2.05) is 60.7 Å². The lowest BCUT2D eigenvalue weighted by Gasteiger charge is -2.37.